The molecule has 5 heteroatoms. The minimum Gasteiger partial charge on any atom is -0.316 e. The van der Waals surface area contributed by atoms with Crippen molar-refractivity contribution in [2.24, 2.45) is 5.92 Å². The minimum atomic E-state index is -3.36. The maximum atomic E-state index is 12.1. The molecule has 0 bridgehead atoms. The van der Waals surface area contributed by atoms with Crippen LogP contribution >= 0.6 is 0 Å². The third-order valence-electron chi connectivity index (χ3n) is 3.89. The molecule has 1 unspecified atom stereocenters. The largest absolute Gasteiger partial charge is 0.316 e. The molecule has 1 aliphatic rings. The zero-order chi connectivity index (χ0) is 14.4. The Morgan fingerprint density at radius 1 is 1.30 bits per heavy atom. The van der Waals surface area contributed by atoms with E-state index in [1.54, 1.807) is 12.1 Å². The van der Waals surface area contributed by atoms with Gasteiger partial charge in [-0.1, -0.05) is 19.1 Å². The zero-order valence-electron chi connectivity index (χ0n) is 12.1. The van der Waals surface area contributed by atoms with Gasteiger partial charge in [-0.05, 0) is 62.4 Å². The lowest BCUT2D eigenvalue weighted by molar-refractivity contribution is 0.358. The van der Waals surface area contributed by atoms with E-state index in [1.165, 1.54) is 12.8 Å². The first kappa shape index (κ1) is 15.5. The summed E-state index contributed by atoms with van der Waals surface area (Å²) in [5.74, 6) is 0.592. The van der Waals surface area contributed by atoms with Gasteiger partial charge in [-0.2, -0.15) is 0 Å². The van der Waals surface area contributed by atoms with Crippen molar-refractivity contribution in [2.75, 3.05) is 19.6 Å². The van der Waals surface area contributed by atoms with Crippen molar-refractivity contribution in [1.29, 1.82) is 0 Å². The van der Waals surface area contributed by atoms with Crippen molar-refractivity contribution in [3.63, 3.8) is 0 Å². The Kier molecular flexibility index (Phi) is 5.57. The summed E-state index contributed by atoms with van der Waals surface area (Å²) >= 11 is 0. The topological polar surface area (TPSA) is 58.2 Å². The molecule has 2 N–H and O–H groups in total. The van der Waals surface area contributed by atoms with Crippen LogP contribution in [0.3, 0.4) is 0 Å². The summed E-state index contributed by atoms with van der Waals surface area (Å²) in [7, 11) is -3.36. The highest BCUT2D eigenvalue weighted by atomic mass is 32.2. The van der Waals surface area contributed by atoms with Crippen LogP contribution in [0.4, 0.5) is 0 Å². The Morgan fingerprint density at radius 2 is 2.05 bits per heavy atom. The average molecular weight is 296 g/mol. The molecular weight excluding hydrogens is 272 g/mol. The summed E-state index contributed by atoms with van der Waals surface area (Å²) in [6.45, 7) is 4.67. The van der Waals surface area contributed by atoms with E-state index in [1.807, 2.05) is 12.1 Å². The van der Waals surface area contributed by atoms with Crippen LogP contribution in [-0.2, 0) is 16.4 Å². The number of benzene rings is 1. The molecule has 0 aromatic heterocycles. The molecule has 0 radical (unpaired) electrons. The van der Waals surface area contributed by atoms with Crippen molar-refractivity contribution in [3.05, 3.63) is 29.8 Å². The molecule has 0 saturated carbocycles. The third-order valence-corrected chi connectivity index (χ3v) is 5.36. The second kappa shape index (κ2) is 7.20. The van der Waals surface area contributed by atoms with Crippen LogP contribution in [0, 0.1) is 5.92 Å². The summed E-state index contributed by atoms with van der Waals surface area (Å²) in [6, 6.07) is 7.12. The molecule has 112 valence electrons. The second-order valence-corrected chi connectivity index (χ2v) is 7.16. The van der Waals surface area contributed by atoms with E-state index in [2.05, 4.69) is 17.0 Å². The number of hydrogen-bond donors (Lipinski definition) is 2. The van der Waals surface area contributed by atoms with Gasteiger partial charge in [-0.15, -0.1) is 0 Å². The predicted molar refractivity (Wildman–Crippen MR) is 81.2 cm³/mol. The fraction of sp³-hybridized carbons (Fsp3) is 0.600. The maximum absolute atomic E-state index is 12.1. The van der Waals surface area contributed by atoms with E-state index in [0.717, 1.165) is 31.5 Å². The fourth-order valence-electron chi connectivity index (χ4n) is 2.56. The Labute approximate surface area is 122 Å². The van der Waals surface area contributed by atoms with Crippen molar-refractivity contribution >= 4 is 10.0 Å². The van der Waals surface area contributed by atoms with Gasteiger partial charge in [0.25, 0.3) is 0 Å². The monoisotopic (exact) mass is 296 g/mol. The lowest BCUT2D eigenvalue weighted by Gasteiger charge is -2.22. The highest BCUT2D eigenvalue weighted by Gasteiger charge is 2.16. The number of piperidine rings is 1. The van der Waals surface area contributed by atoms with Gasteiger partial charge in [0.1, 0.15) is 0 Å². The van der Waals surface area contributed by atoms with Crippen LogP contribution < -0.4 is 10.0 Å². The van der Waals surface area contributed by atoms with E-state index >= 15 is 0 Å². The SMILES string of the molecule is CCc1ccc(S(=O)(=O)NCCC2CCCNC2)cc1. The molecule has 1 aromatic carbocycles. The van der Waals surface area contributed by atoms with Gasteiger partial charge >= 0.3 is 0 Å². The molecule has 4 nitrogen and oxygen atoms in total. The summed E-state index contributed by atoms with van der Waals surface area (Å²) in [6.07, 6.45) is 4.21. The number of sulfonamides is 1. The van der Waals surface area contributed by atoms with E-state index in [0.29, 0.717) is 17.4 Å². The summed E-state index contributed by atoms with van der Waals surface area (Å²) in [4.78, 5) is 0.358. The first-order chi connectivity index (χ1) is 9.62. The standard InChI is InChI=1S/C15H24N2O2S/c1-2-13-5-7-15(8-6-13)20(18,19)17-11-9-14-4-3-10-16-12-14/h5-8,14,16-17H,2-4,9-12H2,1H3. The third kappa shape index (κ3) is 4.30. The van der Waals surface area contributed by atoms with Crippen LogP contribution in [0.1, 0.15) is 31.7 Å². The quantitative estimate of drug-likeness (QED) is 0.843. The molecule has 1 heterocycles. The van der Waals surface area contributed by atoms with E-state index in [9.17, 15) is 8.42 Å². The molecule has 1 atom stereocenters. The summed E-state index contributed by atoms with van der Waals surface area (Å²) < 4.78 is 27.0. The van der Waals surface area contributed by atoms with E-state index in [4.69, 9.17) is 0 Å². The first-order valence-electron chi connectivity index (χ1n) is 7.41. The number of aryl methyl sites for hydroxylation is 1. The maximum Gasteiger partial charge on any atom is 0.240 e. The van der Waals surface area contributed by atoms with Gasteiger partial charge in [-0.25, -0.2) is 13.1 Å². The van der Waals surface area contributed by atoms with Gasteiger partial charge in [-0.3, -0.25) is 0 Å². The number of hydrogen-bond acceptors (Lipinski definition) is 3. The molecule has 0 spiro atoms. The Hall–Kier alpha value is -0.910. The lowest BCUT2D eigenvalue weighted by atomic mass is 9.96. The molecule has 2 rings (SSSR count). The van der Waals surface area contributed by atoms with Gasteiger partial charge in [0.2, 0.25) is 10.0 Å². The van der Waals surface area contributed by atoms with Gasteiger partial charge in [0.15, 0.2) is 0 Å². The van der Waals surface area contributed by atoms with Gasteiger partial charge < -0.3 is 5.32 Å². The molecular formula is C15H24N2O2S. The smallest absolute Gasteiger partial charge is 0.240 e. The minimum absolute atomic E-state index is 0.358. The second-order valence-electron chi connectivity index (χ2n) is 5.40. The molecule has 1 fully saturated rings. The lowest BCUT2D eigenvalue weighted by Crippen LogP contribution is -2.33. The Bertz CT molecular complexity index is 505. The number of rotatable bonds is 6. The Balaban J connectivity index is 1.86. The zero-order valence-corrected chi connectivity index (χ0v) is 12.9. The van der Waals surface area contributed by atoms with Crippen molar-refractivity contribution in [2.45, 2.75) is 37.5 Å². The Morgan fingerprint density at radius 3 is 2.65 bits per heavy atom. The molecule has 0 aliphatic carbocycles. The van der Waals surface area contributed by atoms with Crippen molar-refractivity contribution in [1.82, 2.24) is 10.0 Å². The highest BCUT2D eigenvalue weighted by molar-refractivity contribution is 7.89. The average Bonchev–Trinajstić information content (AvgIpc) is 2.48. The van der Waals surface area contributed by atoms with Crippen molar-refractivity contribution < 1.29 is 8.42 Å². The molecule has 20 heavy (non-hydrogen) atoms. The van der Waals surface area contributed by atoms with Gasteiger partial charge in [0.05, 0.1) is 4.90 Å². The summed E-state index contributed by atoms with van der Waals surface area (Å²) in [5.41, 5.74) is 1.15. The molecule has 1 aliphatic heterocycles. The molecule has 1 saturated heterocycles. The normalized spacial score (nSPS) is 19.9. The fourth-order valence-corrected chi connectivity index (χ4v) is 3.60. The van der Waals surface area contributed by atoms with E-state index < -0.39 is 10.0 Å². The van der Waals surface area contributed by atoms with Crippen LogP contribution in [0.5, 0.6) is 0 Å². The molecule has 0 amide bonds. The van der Waals surface area contributed by atoms with Crippen LogP contribution in [0.25, 0.3) is 0 Å². The highest BCUT2D eigenvalue weighted by Crippen LogP contribution is 2.14. The summed E-state index contributed by atoms with van der Waals surface area (Å²) in [5, 5.41) is 3.35. The van der Waals surface area contributed by atoms with Gasteiger partial charge in [0, 0.05) is 6.54 Å². The first-order valence-corrected chi connectivity index (χ1v) is 8.89. The predicted octanol–water partition coefficient (Wildman–Crippen LogP) is 1.92. The number of nitrogens with one attached hydrogen (secondary N) is 2. The van der Waals surface area contributed by atoms with Crippen LogP contribution in [0.15, 0.2) is 29.2 Å². The van der Waals surface area contributed by atoms with Crippen LogP contribution in [-0.4, -0.2) is 28.1 Å². The van der Waals surface area contributed by atoms with Crippen molar-refractivity contribution in [3.8, 4) is 0 Å². The molecule has 1 aromatic rings. The van der Waals surface area contributed by atoms with Crippen LogP contribution in [0.2, 0.25) is 0 Å². The van der Waals surface area contributed by atoms with E-state index in [-0.39, 0.29) is 0 Å².